The summed E-state index contributed by atoms with van der Waals surface area (Å²) >= 11 is 0. The standard InChI is InChI=1S/C27H49NO7.C17H32N2O6/c1-35-22-16-17-23(29)20-21-24(27(33)34)28-25(30)18-14-12-10-8-6-4-2-3-5-7-9-11-13-15-19-26(31)32;1-3-9-24-14-17(22)19-8-10-23-11-12-25-13-15(20)6-5-7-18-16(21)4-2/h24H,2-22H2,1H3,(H,28,30)(H,31,32)(H,33,34);3-14H2,1-2H3,(H,18,21)(H,19,22)/t24-;/m0./s1. The summed E-state index contributed by atoms with van der Waals surface area (Å²) in [5, 5.41) is 25.8. The van der Waals surface area contributed by atoms with Crippen molar-refractivity contribution in [1.82, 2.24) is 16.0 Å². The summed E-state index contributed by atoms with van der Waals surface area (Å²) < 4.78 is 20.5. The number of hydrogen-bond acceptors (Lipinski definition) is 11. The number of ether oxygens (including phenoxy) is 4. The molecule has 0 aromatic rings. The molecule has 0 aromatic carbocycles. The van der Waals surface area contributed by atoms with E-state index in [2.05, 4.69) is 16.0 Å². The van der Waals surface area contributed by atoms with Crippen LogP contribution >= 0.6 is 0 Å². The lowest BCUT2D eigenvalue weighted by Gasteiger charge is -2.14. The number of nitrogens with one attached hydrogen (secondary N) is 3. The number of aliphatic carboxylic acids is 2. The van der Waals surface area contributed by atoms with Crippen molar-refractivity contribution in [3.8, 4) is 0 Å². The number of amides is 3. The topological polar surface area (TPSA) is 233 Å². The predicted octanol–water partition coefficient (Wildman–Crippen LogP) is 6.10. The van der Waals surface area contributed by atoms with Gasteiger partial charge in [0.25, 0.3) is 0 Å². The fourth-order valence-electron chi connectivity index (χ4n) is 5.79. The highest BCUT2D eigenvalue weighted by Crippen LogP contribution is 2.14. The SMILES string of the molecule is CCCOCC(=O)NCCOCCOCC(=O)CCCNC(=O)CC.COCCCC(=O)CC[C@H](NC(=O)CCCCCCCCCCCCCCCCC(=O)O)C(=O)O. The summed E-state index contributed by atoms with van der Waals surface area (Å²) in [5.41, 5.74) is 0. The van der Waals surface area contributed by atoms with Gasteiger partial charge < -0.3 is 45.1 Å². The lowest BCUT2D eigenvalue weighted by molar-refractivity contribution is -0.142. The number of methoxy groups -OCH3 is 1. The maximum Gasteiger partial charge on any atom is 0.326 e. The van der Waals surface area contributed by atoms with Crippen LogP contribution in [0.1, 0.15) is 168 Å². The molecule has 0 aliphatic heterocycles. The van der Waals surface area contributed by atoms with Crippen molar-refractivity contribution < 1.29 is 62.7 Å². The summed E-state index contributed by atoms with van der Waals surface area (Å²) in [5.74, 6) is -2.22. The highest BCUT2D eigenvalue weighted by atomic mass is 16.5. The maximum atomic E-state index is 12.1. The third kappa shape index (κ3) is 45.6. The molecule has 3 amide bonds. The second kappa shape index (κ2) is 45.1. The molecule has 16 nitrogen and oxygen atoms in total. The van der Waals surface area contributed by atoms with E-state index < -0.39 is 18.0 Å². The van der Waals surface area contributed by atoms with Crippen LogP contribution in [-0.4, -0.2) is 124 Å². The Bertz CT molecular complexity index is 1120. The molecular weight excluding hydrogens is 778 g/mol. The molecule has 0 bridgehead atoms. The van der Waals surface area contributed by atoms with E-state index in [1.165, 1.54) is 44.9 Å². The van der Waals surface area contributed by atoms with E-state index in [0.29, 0.717) is 84.6 Å². The van der Waals surface area contributed by atoms with Crippen LogP contribution in [-0.2, 0) is 52.5 Å². The predicted molar refractivity (Wildman–Crippen MR) is 230 cm³/mol. The molecule has 60 heavy (non-hydrogen) atoms. The summed E-state index contributed by atoms with van der Waals surface area (Å²) in [6.45, 7) is 6.96. The number of ketones is 2. The Morgan fingerprint density at radius 2 is 1.02 bits per heavy atom. The van der Waals surface area contributed by atoms with Crippen molar-refractivity contribution in [2.45, 2.75) is 174 Å². The highest BCUT2D eigenvalue weighted by molar-refractivity contribution is 5.84. The van der Waals surface area contributed by atoms with Crippen molar-refractivity contribution in [1.29, 1.82) is 0 Å². The molecule has 350 valence electrons. The Balaban J connectivity index is 0. The first-order chi connectivity index (χ1) is 29.0. The van der Waals surface area contributed by atoms with E-state index in [4.69, 9.17) is 24.1 Å². The normalized spacial score (nSPS) is 11.2. The van der Waals surface area contributed by atoms with Gasteiger partial charge in [0.05, 0.1) is 19.8 Å². The van der Waals surface area contributed by atoms with Crippen LogP contribution in [0.3, 0.4) is 0 Å². The average molecular weight is 860 g/mol. The first-order valence-electron chi connectivity index (χ1n) is 22.5. The molecule has 0 aliphatic carbocycles. The summed E-state index contributed by atoms with van der Waals surface area (Å²) in [6, 6.07) is -1.01. The zero-order chi connectivity index (χ0) is 44.9. The number of Topliss-reactive ketones (excluding diaryl/α,β-unsaturated/α-hetero) is 2. The van der Waals surface area contributed by atoms with Gasteiger partial charge in [-0.05, 0) is 38.5 Å². The van der Waals surface area contributed by atoms with Gasteiger partial charge in [0.2, 0.25) is 17.7 Å². The van der Waals surface area contributed by atoms with Crippen LogP contribution in [0.2, 0.25) is 0 Å². The molecule has 5 N–H and O–H groups in total. The van der Waals surface area contributed by atoms with E-state index in [-0.39, 0.29) is 61.8 Å². The minimum absolute atomic E-state index is 0.00471. The van der Waals surface area contributed by atoms with Crippen molar-refractivity contribution in [2.24, 2.45) is 0 Å². The van der Waals surface area contributed by atoms with E-state index >= 15 is 0 Å². The van der Waals surface area contributed by atoms with Crippen molar-refractivity contribution in [2.75, 3.05) is 66.4 Å². The van der Waals surface area contributed by atoms with Gasteiger partial charge in [0, 0.05) is 71.9 Å². The molecule has 0 rings (SSSR count). The molecule has 0 unspecified atom stereocenters. The van der Waals surface area contributed by atoms with Crippen LogP contribution in [0.4, 0.5) is 0 Å². The van der Waals surface area contributed by atoms with Gasteiger partial charge in [-0.15, -0.1) is 0 Å². The van der Waals surface area contributed by atoms with Gasteiger partial charge in [0.1, 0.15) is 25.0 Å². The van der Waals surface area contributed by atoms with E-state index in [0.717, 1.165) is 51.4 Å². The van der Waals surface area contributed by atoms with Gasteiger partial charge in [-0.3, -0.25) is 28.8 Å². The number of unbranched alkanes of at least 4 members (excludes halogenated alkanes) is 13. The van der Waals surface area contributed by atoms with Crippen molar-refractivity contribution >= 4 is 41.2 Å². The van der Waals surface area contributed by atoms with Gasteiger partial charge >= 0.3 is 11.9 Å². The highest BCUT2D eigenvalue weighted by Gasteiger charge is 2.20. The first kappa shape index (κ1) is 58.6. The van der Waals surface area contributed by atoms with Crippen molar-refractivity contribution in [3.63, 3.8) is 0 Å². The molecule has 0 saturated heterocycles. The van der Waals surface area contributed by atoms with Gasteiger partial charge in [-0.1, -0.05) is 90.9 Å². The first-order valence-corrected chi connectivity index (χ1v) is 22.5. The van der Waals surface area contributed by atoms with Gasteiger partial charge in [-0.2, -0.15) is 0 Å². The third-order valence-corrected chi connectivity index (χ3v) is 9.25. The third-order valence-electron chi connectivity index (χ3n) is 9.25. The lowest BCUT2D eigenvalue weighted by atomic mass is 10.0. The second-order valence-electron chi connectivity index (χ2n) is 14.9. The number of carbonyl (C=O) groups excluding carboxylic acids is 5. The molecule has 0 radical (unpaired) electrons. The molecule has 0 heterocycles. The zero-order valence-corrected chi connectivity index (χ0v) is 37.3. The summed E-state index contributed by atoms with van der Waals surface area (Å²) in [6.07, 6.45) is 19.8. The van der Waals surface area contributed by atoms with E-state index in [1.807, 2.05) is 6.92 Å². The van der Waals surface area contributed by atoms with Crippen LogP contribution in [0, 0.1) is 0 Å². The molecule has 1 atom stereocenters. The van der Waals surface area contributed by atoms with Crippen LogP contribution in [0.15, 0.2) is 0 Å². The quantitative estimate of drug-likeness (QED) is 0.0437. The Morgan fingerprint density at radius 3 is 1.57 bits per heavy atom. The largest absolute Gasteiger partial charge is 0.481 e. The Kier molecular flexibility index (Phi) is 44.0. The number of carbonyl (C=O) groups is 7. The van der Waals surface area contributed by atoms with Crippen LogP contribution in [0.5, 0.6) is 0 Å². The Morgan fingerprint density at radius 1 is 0.483 bits per heavy atom. The fraction of sp³-hybridized carbons (Fsp3) is 0.841. The molecule has 0 fully saturated rings. The maximum absolute atomic E-state index is 12.1. The minimum Gasteiger partial charge on any atom is -0.481 e. The Hall–Kier alpha value is -3.47. The molecule has 16 heteroatoms. The average Bonchev–Trinajstić information content (AvgIpc) is 3.21. The number of hydrogen-bond donors (Lipinski definition) is 5. The lowest BCUT2D eigenvalue weighted by Crippen LogP contribution is -2.41. The zero-order valence-electron chi connectivity index (χ0n) is 37.3. The van der Waals surface area contributed by atoms with Gasteiger partial charge in [-0.25, -0.2) is 4.79 Å². The fourth-order valence-corrected chi connectivity index (χ4v) is 5.79. The molecular formula is C44H81N3O13. The molecule has 0 saturated carbocycles. The number of carboxylic acid groups (broad SMARTS) is 2. The molecule has 0 aliphatic rings. The smallest absolute Gasteiger partial charge is 0.326 e. The molecule has 0 spiro atoms. The minimum atomic E-state index is -1.10. The Labute approximate surface area is 359 Å². The number of rotatable bonds is 43. The van der Waals surface area contributed by atoms with E-state index in [1.54, 1.807) is 14.0 Å². The second-order valence-corrected chi connectivity index (χ2v) is 14.9. The van der Waals surface area contributed by atoms with Crippen LogP contribution < -0.4 is 16.0 Å². The van der Waals surface area contributed by atoms with E-state index in [9.17, 15) is 38.7 Å². The molecule has 0 aromatic heterocycles. The number of carboxylic acids is 2. The monoisotopic (exact) mass is 860 g/mol. The summed E-state index contributed by atoms with van der Waals surface area (Å²) in [7, 11) is 1.57. The van der Waals surface area contributed by atoms with Crippen LogP contribution in [0.25, 0.3) is 0 Å². The summed E-state index contributed by atoms with van der Waals surface area (Å²) in [4.78, 5) is 79.5. The van der Waals surface area contributed by atoms with Crippen molar-refractivity contribution in [3.05, 3.63) is 0 Å². The van der Waals surface area contributed by atoms with Gasteiger partial charge in [0.15, 0.2) is 5.78 Å².